The molecule has 0 aliphatic heterocycles. The van der Waals surface area contributed by atoms with Crippen LogP contribution in [-0.2, 0) is 24.1 Å². The van der Waals surface area contributed by atoms with E-state index in [1.54, 1.807) is 6.92 Å². The third kappa shape index (κ3) is 7.93. The molecular formula is C10H18O5. The number of carbonyl (C=O) groups excluding carboxylic acids is 2. The highest BCUT2D eigenvalue weighted by atomic mass is 17.2. The molecule has 0 fully saturated rings. The van der Waals surface area contributed by atoms with E-state index in [1.807, 2.05) is 0 Å². The minimum atomic E-state index is -1.10. The van der Waals surface area contributed by atoms with Crippen LogP contribution in [0.2, 0.25) is 0 Å². The number of ether oxygens (including phenoxy) is 1. The van der Waals surface area contributed by atoms with Crippen molar-refractivity contribution in [1.29, 1.82) is 0 Å². The topological polar surface area (TPSA) is 61.8 Å². The second-order valence-electron chi connectivity index (χ2n) is 2.97. The molecule has 5 nitrogen and oxygen atoms in total. The molecule has 0 aromatic rings. The summed E-state index contributed by atoms with van der Waals surface area (Å²) in [5, 5.41) is 0. The molecule has 0 spiro atoms. The van der Waals surface area contributed by atoms with Gasteiger partial charge in [-0.25, -0.2) is 9.59 Å². The highest BCUT2D eigenvalue weighted by Gasteiger charge is 2.17. The van der Waals surface area contributed by atoms with Gasteiger partial charge in [0.2, 0.25) is 0 Å². The molecule has 88 valence electrons. The van der Waals surface area contributed by atoms with E-state index in [4.69, 9.17) is 0 Å². The molecule has 0 rings (SSSR count). The Labute approximate surface area is 89.6 Å². The van der Waals surface area contributed by atoms with Crippen LogP contribution in [0.3, 0.4) is 0 Å². The molecule has 5 heteroatoms. The van der Waals surface area contributed by atoms with E-state index in [0.29, 0.717) is 6.61 Å². The van der Waals surface area contributed by atoms with Crippen molar-refractivity contribution in [3.05, 3.63) is 0 Å². The number of unbranched alkanes of at least 4 members (excludes halogenated alkanes) is 3. The van der Waals surface area contributed by atoms with Crippen molar-refractivity contribution in [2.24, 2.45) is 0 Å². The number of esters is 1. The van der Waals surface area contributed by atoms with Crippen LogP contribution in [-0.4, -0.2) is 25.2 Å². The van der Waals surface area contributed by atoms with Crippen molar-refractivity contribution >= 4 is 11.9 Å². The number of hydrogen-bond acceptors (Lipinski definition) is 5. The van der Waals surface area contributed by atoms with Crippen molar-refractivity contribution < 1.29 is 24.1 Å². The summed E-state index contributed by atoms with van der Waals surface area (Å²) in [5.74, 6) is -2.13. The Morgan fingerprint density at radius 3 is 2.33 bits per heavy atom. The summed E-state index contributed by atoms with van der Waals surface area (Å²) in [4.78, 5) is 30.3. The maximum absolute atomic E-state index is 10.8. The molecule has 0 radical (unpaired) electrons. The number of hydrogen-bond donors (Lipinski definition) is 0. The molecule has 0 unspecified atom stereocenters. The summed E-state index contributed by atoms with van der Waals surface area (Å²) in [5.41, 5.74) is 0. The first kappa shape index (κ1) is 13.9. The Hall–Kier alpha value is -1.10. The van der Waals surface area contributed by atoms with E-state index in [9.17, 15) is 9.59 Å². The minimum absolute atomic E-state index is 0.143. The lowest BCUT2D eigenvalue weighted by atomic mass is 10.2. The van der Waals surface area contributed by atoms with E-state index < -0.39 is 11.9 Å². The fourth-order valence-electron chi connectivity index (χ4n) is 0.907. The van der Waals surface area contributed by atoms with Gasteiger partial charge in [-0.1, -0.05) is 26.2 Å². The van der Waals surface area contributed by atoms with Crippen LogP contribution in [0.1, 0.15) is 39.5 Å². The van der Waals surface area contributed by atoms with Gasteiger partial charge in [0, 0.05) is 0 Å². The summed E-state index contributed by atoms with van der Waals surface area (Å²) in [6.07, 6.45) is 4.08. The van der Waals surface area contributed by atoms with Crippen molar-refractivity contribution in [2.75, 3.05) is 13.2 Å². The second-order valence-corrected chi connectivity index (χ2v) is 2.97. The molecule has 0 aromatic heterocycles. The van der Waals surface area contributed by atoms with Gasteiger partial charge in [0.15, 0.2) is 0 Å². The van der Waals surface area contributed by atoms with E-state index in [2.05, 4.69) is 21.4 Å². The molecule has 0 bridgehead atoms. The van der Waals surface area contributed by atoms with Crippen molar-refractivity contribution in [3.8, 4) is 0 Å². The highest BCUT2D eigenvalue weighted by Crippen LogP contribution is 1.99. The van der Waals surface area contributed by atoms with Gasteiger partial charge in [-0.3, -0.25) is 4.89 Å². The summed E-state index contributed by atoms with van der Waals surface area (Å²) in [6.45, 7) is 4.16. The van der Waals surface area contributed by atoms with Crippen molar-refractivity contribution in [2.45, 2.75) is 39.5 Å². The normalized spacial score (nSPS) is 9.73. The lowest BCUT2D eigenvalue weighted by Crippen LogP contribution is -2.20. The smallest absolute Gasteiger partial charge is 0.449 e. The molecule has 0 N–H and O–H groups in total. The van der Waals surface area contributed by atoms with E-state index in [0.717, 1.165) is 25.7 Å². The zero-order valence-electron chi connectivity index (χ0n) is 9.28. The zero-order valence-corrected chi connectivity index (χ0v) is 9.28. The molecular weight excluding hydrogens is 200 g/mol. The first-order valence-electron chi connectivity index (χ1n) is 5.22. The molecule has 0 aromatic carbocycles. The predicted molar refractivity (Wildman–Crippen MR) is 52.8 cm³/mol. The summed E-state index contributed by atoms with van der Waals surface area (Å²) in [7, 11) is 0. The average Bonchev–Trinajstić information content (AvgIpc) is 2.23. The van der Waals surface area contributed by atoms with Crippen LogP contribution in [0.15, 0.2) is 0 Å². The van der Waals surface area contributed by atoms with Gasteiger partial charge >= 0.3 is 11.9 Å². The fraction of sp³-hybridized carbons (Fsp3) is 0.800. The Balaban J connectivity index is 3.35. The van der Waals surface area contributed by atoms with Crippen LogP contribution in [0.4, 0.5) is 0 Å². The maximum Gasteiger partial charge on any atom is 0.449 e. The third-order valence-electron chi connectivity index (χ3n) is 1.66. The van der Waals surface area contributed by atoms with Gasteiger partial charge in [-0.2, -0.15) is 4.89 Å². The largest absolute Gasteiger partial charge is 0.457 e. The van der Waals surface area contributed by atoms with Crippen LogP contribution < -0.4 is 0 Å². The van der Waals surface area contributed by atoms with E-state index in [-0.39, 0.29) is 6.61 Å². The SMILES string of the molecule is CCCCCCOOC(=O)C(=O)OCC. The third-order valence-corrected chi connectivity index (χ3v) is 1.66. The molecule has 0 aliphatic rings. The minimum Gasteiger partial charge on any atom is -0.457 e. The molecule has 0 atom stereocenters. The monoisotopic (exact) mass is 218 g/mol. The number of rotatable bonds is 7. The van der Waals surface area contributed by atoms with Gasteiger partial charge in [0.25, 0.3) is 0 Å². The Bertz CT molecular complexity index is 190. The van der Waals surface area contributed by atoms with Crippen LogP contribution in [0, 0.1) is 0 Å². The van der Waals surface area contributed by atoms with Crippen LogP contribution >= 0.6 is 0 Å². The zero-order chi connectivity index (χ0) is 11.5. The standard InChI is InChI=1S/C10H18O5/c1-3-5-6-7-8-14-15-10(12)9(11)13-4-2/h3-8H2,1-2H3. The highest BCUT2D eigenvalue weighted by molar-refractivity contribution is 6.29. The summed E-state index contributed by atoms with van der Waals surface area (Å²) >= 11 is 0. The molecule has 0 saturated heterocycles. The molecule has 0 heterocycles. The van der Waals surface area contributed by atoms with Crippen molar-refractivity contribution in [3.63, 3.8) is 0 Å². The van der Waals surface area contributed by atoms with E-state index in [1.165, 1.54) is 0 Å². The second kappa shape index (κ2) is 9.45. The quantitative estimate of drug-likeness (QED) is 0.213. The number of carbonyl (C=O) groups is 2. The maximum atomic E-state index is 10.8. The summed E-state index contributed by atoms with van der Waals surface area (Å²) < 4.78 is 4.41. The Morgan fingerprint density at radius 2 is 1.73 bits per heavy atom. The van der Waals surface area contributed by atoms with Crippen molar-refractivity contribution in [1.82, 2.24) is 0 Å². The molecule has 0 saturated carbocycles. The van der Waals surface area contributed by atoms with E-state index >= 15 is 0 Å². The Morgan fingerprint density at radius 1 is 1.00 bits per heavy atom. The van der Waals surface area contributed by atoms with Gasteiger partial charge in [-0.05, 0) is 13.3 Å². The van der Waals surface area contributed by atoms with Gasteiger partial charge in [0.1, 0.15) is 0 Å². The first-order valence-corrected chi connectivity index (χ1v) is 5.22. The first-order chi connectivity index (χ1) is 7.22. The van der Waals surface area contributed by atoms with Gasteiger partial charge < -0.3 is 4.74 Å². The molecule has 15 heavy (non-hydrogen) atoms. The average molecular weight is 218 g/mol. The fourth-order valence-corrected chi connectivity index (χ4v) is 0.907. The predicted octanol–water partition coefficient (Wildman–Crippen LogP) is 1.60. The lowest BCUT2D eigenvalue weighted by molar-refractivity contribution is -0.272. The lowest BCUT2D eigenvalue weighted by Gasteiger charge is -2.02. The van der Waals surface area contributed by atoms with Crippen LogP contribution in [0.25, 0.3) is 0 Å². The van der Waals surface area contributed by atoms with Gasteiger partial charge in [-0.15, -0.1) is 0 Å². The molecule has 0 amide bonds. The summed E-state index contributed by atoms with van der Waals surface area (Å²) in [6, 6.07) is 0. The molecule has 0 aliphatic carbocycles. The van der Waals surface area contributed by atoms with Crippen LogP contribution in [0.5, 0.6) is 0 Å². The Kier molecular flexibility index (Phi) is 8.76. The van der Waals surface area contributed by atoms with Gasteiger partial charge in [0.05, 0.1) is 13.2 Å².